The molecule has 0 saturated heterocycles. The monoisotopic (exact) mass is 409 g/mol. The van der Waals surface area contributed by atoms with Crippen molar-refractivity contribution in [3.8, 4) is 0 Å². The lowest BCUT2D eigenvalue weighted by atomic mass is 10.1. The largest absolute Gasteiger partial charge is 0.318 e. The number of benzene rings is 1. The van der Waals surface area contributed by atoms with Gasteiger partial charge in [-0.05, 0) is 35.2 Å². The number of nitrogens with zero attached hydrogens (tertiary/aromatic N) is 7. The number of rotatable bonds is 8. The molecule has 1 aromatic carbocycles. The molecule has 0 radical (unpaired) electrons. The second-order valence-electron chi connectivity index (χ2n) is 6.56. The Kier molecular flexibility index (Phi) is 6.48. The van der Waals surface area contributed by atoms with Crippen LogP contribution in [-0.4, -0.2) is 19.5 Å². The summed E-state index contributed by atoms with van der Waals surface area (Å²) in [4.78, 5) is 23.1. The molecule has 0 amide bonds. The third kappa shape index (κ3) is 4.92. The highest BCUT2D eigenvalue weighted by Crippen LogP contribution is 2.36. The molecule has 0 saturated carbocycles. The molecule has 2 aromatic heterocycles. The van der Waals surface area contributed by atoms with Gasteiger partial charge in [0.25, 0.3) is 5.69 Å². The Bertz CT molecular complexity index is 1060. The van der Waals surface area contributed by atoms with E-state index in [1.165, 1.54) is 17.8 Å². The van der Waals surface area contributed by atoms with E-state index in [9.17, 15) is 10.1 Å². The van der Waals surface area contributed by atoms with Gasteiger partial charge in [-0.3, -0.25) is 15.1 Å². The predicted octanol–water partition coefficient (Wildman–Crippen LogP) is 5.32. The normalized spacial score (nSPS) is 10.7. The molecule has 0 atom stereocenters. The van der Waals surface area contributed by atoms with Crippen LogP contribution in [0.5, 0.6) is 0 Å². The van der Waals surface area contributed by atoms with Crippen molar-refractivity contribution in [2.75, 3.05) is 0 Å². The minimum Gasteiger partial charge on any atom is -0.318 e. The topological polar surface area (TPSA) is 123 Å². The van der Waals surface area contributed by atoms with Crippen LogP contribution in [0.1, 0.15) is 36.8 Å². The van der Waals surface area contributed by atoms with Crippen molar-refractivity contribution in [2.24, 2.45) is 5.11 Å². The number of aromatic nitrogens is 3. The molecule has 0 fully saturated rings. The van der Waals surface area contributed by atoms with Gasteiger partial charge < -0.3 is 4.57 Å². The van der Waals surface area contributed by atoms with Crippen LogP contribution in [0.2, 0.25) is 0 Å². The van der Waals surface area contributed by atoms with Crippen molar-refractivity contribution in [2.45, 2.75) is 42.8 Å². The van der Waals surface area contributed by atoms with Crippen LogP contribution in [0, 0.1) is 10.1 Å². The SMILES string of the molecule is CC(C)c1nc(CN=[N+]=[N-])n(Cc2ccncc2)c1Sc1cccc([N+](=O)[O-])c1. The van der Waals surface area contributed by atoms with E-state index in [2.05, 4.69) is 15.0 Å². The molecule has 2 heterocycles. The molecule has 0 bridgehead atoms. The summed E-state index contributed by atoms with van der Waals surface area (Å²) in [6.07, 6.45) is 3.44. The van der Waals surface area contributed by atoms with Crippen molar-refractivity contribution >= 4 is 17.4 Å². The number of azide groups is 1. The van der Waals surface area contributed by atoms with E-state index in [0.717, 1.165) is 21.2 Å². The van der Waals surface area contributed by atoms with E-state index < -0.39 is 4.92 Å². The van der Waals surface area contributed by atoms with Gasteiger partial charge in [0.2, 0.25) is 0 Å². The van der Waals surface area contributed by atoms with Gasteiger partial charge in [-0.15, -0.1) is 0 Å². The Morgan fingerprint density at radius 1 is 1.31 bits per heavy atom. The molecule has 3 aromatic rings. The van der Waals surface area contributed by atoms with Crippen molar-refractivity contribution < 1.29 is 4.92 Å². The summed E-state index contributed by atoms with van der Waals surface area (Å²) in [5.74, 6) is 0.774. The molecule has 148 valence electrons. The highest BCUT2D eigenvalue weighted by molar-refractivity contribution is 7.99. The molecule has 0 aliphatic rings. The van der Waals surface area contributed by atoms with Gasteiger partial charge in [-0.1, -0.05) is 36.8 Å². The van der Waals surface area contributed by atoms with E-state index in [4.69, 9.17) is 10.5 Å². The number of nitro benzene ring substituents is 1. The summed E-state index contributed by atoms with van der Waals surface area (Å²) < 4.78 is 2.00. The lowest BCUT2D eigenvalue weighted by Gasteiger charge is -2.13. The highest BCUT2D eigenvalue weighted by atomic mass is 32.2. The summed E-state index contributed by atoms with van der Waals surface area (Å²) in [5, 5.41) is 15.7. The van der Waals surface area contributed by atoms with Gasteiger partial charge in [0.15, 0.2) is 0 Å². The fraction of sp³-hybridized carbons (Fsp3) is 0.263. The average molecular weight is 409 g/mol. The van der Waals surface area contributed by atoms with Crippen LogP contribution in [-0.2, 0) is 13.1 Å². The summed E-state index contributed by atoms with van der Waals surface area (Å²) in [6, 6.07) is 10.3. The molecule has 10 heteroatoms. The zero-order valence-corrected chi connectivity index (χ0v) is 16.8. The van der Waals surface area contributed by atoms with Crippen LogP contribution in [0.3, 0.4) is 0 Å². The number of non-ortho nitro benzene ring substituents is 1. The first-order chi connectivity index (χ1) is 14.0. The summed E-state index contributed by atoms with van der Waals surface area (Å²) in [5.41, 5.74) is 10.7. The molecular formula is C19H19N7O2S. The maximum absolute atomic E-state index is 11.1. The summed E-state index contributed by atoms with van der Waals surface area (Å²) in [7, 11) is 0. The highest BCUT2D eigenvalue weighted by Gasteiger charge is 2.21. The number of hydrogen-bond acceptors (Lipinski definition) is 6. The second kappa shape index (κ2) is 9.22. The van der Waals surface area contributed by atoms with Crippen LogP contribution in [0.15, 0.2) is 63.8 Å². The third-order valence-electron chi connectivity index (χ3n) is 4.18. The molecule has 0 aliphatic carbocycles. The Morgan fingerprint density at radius 2 is 2.07 bits per heavy atom. The zero-order chi connectivity index (χ0) is 20.8. The summed E-state index contributed by atoms with van der Waals surface area (Å²) in [6.45, 7) is 4.72. The van der Waals surface area contributed by atoms with Gasteiger partial charge in [0, 0.05) is 40.9 Å². The van der Waals surface area contributed by atoms with Gasteiger partial charge >= 0.3 is 0 Å². The third-order valence-corrected chi connectivity index (χ3v) is 5.29. The maximum Gasteiger partial charge on any atom is 0.270 e. The molecule has 0 spiro atoms. The smallest absolute Gasteiger partial charge is 0.270 e. The molecule has 0 aliphatic heterocycles. The Hall–Kier alpha value is -3.36. The van der Waals surface area contributed by atoms with E-state index in [1.54, 1.807) is 24.5 Å². The summed E-state index contributed by atoms with van der Waals surface area (Å²) >= 11 is 1.42. The fourth-order valence-corrected chi connectivity index (χ4v) is 4.02. The molecule has 9 nitrogen and oxygen atoms in total. The van der Waals surface area contributed by atoms with E-state index in [1.807, 2.05) is 36.6 Å². The number of imidazole rings is 1. The van der Waals surface area contributed by atoms with E-state index in [0.29, 0.717) is 12.4 Å². The zero-order valence-electron chi connectivity index (χ0n) is 16.0. The standard InChI is InChI=1S/C19H19N7O2S/c1-13(2)18-19(29-16-5-3-4-15(10-16)26(27)28)25(17(23-18)11-22-24-20)12-14-6-8-21-9-7-14/h3-10,13H,11-12H2,1-2H3. The van der Waals surface area contributed by atoms with Crippen LogP contribution < -0.4 is 0 Å². The van der Waals surface area contributed by atoms with Gasteiger partial charge in [-0.25, -0.2) is 4.98 Å². The number of hydrogen-bond donors (Lipinski definition) is 0. The van der Waals surface area contributed by atoms with Gasteiger partial charge in [0.05, 0.1) is 17.2 Å². The van der Waals surface area contributed by atoms with Gasteiger partial charge in [0.1, 0.15) is 10.9 Å². The van der Waals surface area contributed by atoms with E-state index in [-0.39, 0.29) is 18.2 Å². The maximum atomic E-state index is 11.1. The van der Waals surface area contributed by atoms with Crippen LogP contribution in [0.4, 0.5) is 5.69 Å². The Morgan fingerprint density at radius 3 is 2.72 bits per heavy atom. The predicted molar refractivity (Wildman–Crippen MR) is 110 cm³/mol. The van der Waals surface area contributed by atoms with Crippen molar-refractivity contribution in [3.63, 3.8) is 0 Å². The molecule has 3 rings (SSSR count). The lowest BCUT2D eigenvalue weighted by Crippen LogP contribution is -2.06. The number of pyridine rings is 1. The van der Waals surface area contributed by atoms with Crippen molar-refractivity contribution in [3.05, 3.63) is 86.4 Å². The quantitative estimate of drug-likeness (QED) is 0.164. The van der Waals surface area contributed by atoms with Gasteiger partial charge in [-0.2, -0.15) is 0 Å². The van der Waals surface area contributed by atoms with Crippen molar-refractivity contribution in [1.82, 2.24) is 14.5 Å². The molecule has 0 N–H and O–H groups in total. The molecular weight excluding hydrogens is 390 g/mol. The first-order valence-electron chi connectivity index (χ1n) is 8.91. The molecule has 0 unspecified atom stereocenters. The minimum atomic E-state index is -0.408. The minimum absolute atomic E-state index is 0.0376. The Balaban J connectivity index is 2.09. The van der Waals surface area contributed by atoms with E-state index >= 15 is 0 Å². The average Bonchev–Trinajstić information content (AvgIpc) is 3.05. The molecule has 29 heavy (non-hydrogen) atoms. The number of nitro groups is 1. The van der Waals surface area contributed by atoms with Crippen LogP contribution in [0.25, 0.3) is 10.4 Å². The van der Waals surface area contributed by atoms with Crippen molar-refractivity contribution in [1.29, 1.82) is 0 Å². The van der Waals surface area contributed by atoms with Crippen LogP contribution >= 0.6 is 11.8 Å². The lowest BCUT2D eigenvalue weighted by molar-refractivity contribution is -0.385. The fourth-order valence-electron chi connectivity index (χ4n) is 2.81. The Labute approximate surface area is 171 Å². The first kappa shape index (κ1) is 20.4. The second-order valence-corrected chi connectivity index (χ2v) is 7.62. The first-order valence-corrected chi connectivity index (χ1v) is 9.72.